The molecule has 0 aliphatic heterocycles. The first kappa shape index (κ1) is 22.8. The Kier molecular flexibility index (Phi) is 6.07. The molecule has 1 saturated carbocycles. The van der Waals surface area contributed by atoms with E-state index in [-0.39, 0.29) is 0 Å². The Bertz CT molecular complexity index is 1380. The lowest BCUT2D eigenvalue weighted by Gasteiger charge is -2.10. The number of fused-ring (bicyclic) bond motifs is 1. The molecule has 2 aromatic heterocycles. The van der Waals surface area contributed by atoms with E-state index in [4.69, 9.17) is 0 Å². The first-order valence-corrected chi connectivity index (χ1v) is 11.3. The first-order chi connectivity index (χ1) is 16.8. The zero-order valence-electron chi connectivity index (χ0n) is 19.0. The largest absolute Gasteiger partial charge is 0.416 e. The highest BCUT2D eigenvalue weighted by atomic mass is 19.4. The number of aromatic nitrogens is 3. The van der Waals surface area contributed by atoms with Gasteiger partial charge in [0.25, 0.3) is 0 Å². The maximum absolute atomic E-state index is 12.9. The Hall–Kier alpha value is -4.01. The molecule has 0 radical (unpaired) electrons. The lowest BCUT2D eigenvalue weighted by molar-refractivity contribution is -0.137. The number of benzene rings is 2. The van der Waals surface area contributed by atoms with E-state index in [0.29, 0.717) is 23.0 Å². The summed E-state index contributed by atoms with van der Waals surface area (Å²) in [6, 6.07) is 14.8. The highest BCUT2D eigenvalue weighted by Gasteiger charge is 2.30. The second-order valence-corrected chi connectivity index (χ2v) is 8.68. The van der Waals surface area contributed by atoms with E-state index >= 15 is 0 Å². The van der Waals surface area contributed by atoms with Gasteiger partial charge in [0.2, 0.25) is 5.95 Å². The van der Waals surface area contributed by atoms with Gasteiger partial charge in [-0.15, -0.1) is 0 Å². The summed E-state index contributed by atoms with van der Waals surface area (Å²) in [5.74, 6) is 1.20. The Morgan fingerprint density at radius 2 is 1.89 bits per heavy atom. The molecule has 2 heterocycles. The van der Waals surface area contributed by atoms with Gasteiger partial charge in [-0.05, 0) is 74.1 Å². The van der Waals surface area contributed by atoms with Gasteiger partial charge < -0.3 is 5.32 Å². The first-order valence-electron chi connectivity index (χ1n) is 11.3. The monoisotopic (exact) mass is 476 g/mol. The summed E-state index contributed by atoms with van der Waals surface area (Å²) in [4.78, 5) is 13.3. The van der Waals surface area contributed by atoms with Crippen LogP contribution in [0.25, 0.3) is 10.9 Å². The number of hydrogen-bond donors (Lipinski definition) is 2. The third-order valence-corrected chi connectivity index (χ3v) is 5.80. The van der Waals surface area contributed by atoms with Gasteiger partial charge in [-0.2, -0.15) is 18.3 Å². The average Bonchev–Trinajstić information content (AvgIpc) is 3.64. The van der Waals surface area contributed by atoms with Crippen LogP contribution in [0.5, 0.6) is 0 Å². The van der Waals surface area contributed by atoms with Crippen LogP contribution in [-0.2, 0) is 12.6 Å². The van der Waals surface area contributed by atoms with E-state index in [9.17, 15) is 13.2 Å². The molecule has 5 rings (SSSR count). The smallest absolute Gasteiger partial charge is 0.354 e. The third kappa shape index (κ3) is 5.74. The number of hydrogen-bond acceptors (Lipinski definition) is 6. The molecule has 4 aromatic rings. The van der Waals surface area contributed by atoms with Crippen molar-refractivity contribution in [2.75, 3.05) is 10.7 Å². The van der Waals surface area contributed by atoms with Gasteiger partial charge >= 0.3 is 6.18 Å². The van der Waals surface area contributed by atoms with Gasteiger partial charge in [0.1, 0.15) is 0 Å². The van der Waals surface area contributed by atoms with E-state index < -0.39 is 11.7 Å². The Labute approximate surface area is 200 Å². The van der Waals surface area contributed by atoms with Crippen LogP contribution < -0.4 is 10.7 Å². The lowest BCUT2D eigenvalue weighted by atomic mass is 10.1. The van der Waals surface area contributed by atoms with Crippen molar-refractivity contribution >= 4 is 34.4 Å². The molecule has 1 aliphatic carbocycles. The van der Waals surface area contributed by atoms with Crippen LogP contribution in [0.15, 0.2) is 65.9 Å². The summed E-state index contributed by atoms with van der Waals surface area (Å²) in [6.45, 7) is 1.94. The Morgan fingerprint density at radius 1 is 1.03 bits per heavy atom. The fraction of sp³-hybridized carbons (Fsp3) is 0.231. The highest BCUT2D eigenvalue weighted by molar-refractivity contribution is 5.83. The molecule has 0 atom stereocenters. The van der Waals surface area contributed by atoms with Crippen LogP contribution in [0.2, 0.25) is 0 Å². The molecule has 2 N–H and O–H groups in total. The topological polar surface area (TPSA) is 75.1 Å². The van der Waals surface area contributed by atoms with Gasteiger partial charge in [0.05, 0.1) is 40.6 Å². The Morgan fingerprint density at radius 3 is 2.63 bits per heavy atom. The number of pyridine rings is 1. The van der Waals surface area contributed by atoms with Crippen molar-refractivity contribution < 1.29 is 13.2 Å². The van der Waals surface area contributed by atoms with Gasteiger partial charge in [-0.3, -0.25) is 4.98 Å². The summed E-state index contributed by atoms with van der Waals surface area (Å²) in [5, 5.41) is 8.13. The van der Waals surface area contributed by atoms with Crippen molar-refractivity contribution in [3.05, 3.63) is 83.3 Å². The number of alkyl halides is 3. The van der Waals surface area contributed by atoms with E-state index in [1.807, 2.05) is 6.92 Å². The van der Waals surface area contributed by atoms with Crippen LogP contribution in [0, 0.1) is 12.8 Å². The van der Waals surface area contributed by atoms with Crippen LogP contribution in [0.4, 0.5) is 30.5 Å². The van der Waals surface area contributed by atoms with Crippen molar-refractivity contribution in [2.24, 2.45) is 11.0 Å². The molecular weight excluding hydrogens is 453 g/mol. The quantitative estimate of drug-likeness (QED) is 0.235. The van der Waals surface area contributed by atoms with Crippen LogP contribution >= 0.6 is 0 Å². The lowest BCUT2D eigenvalue weighted by Crippen LogP contribution is -2.05. The minimum atomic E-state index is -4.39. The number of aryl methyl sites for hydroxylation is 1. The zero-order valence-corrected chi connectivity index (χ0v) is 19.0. The molecule has 0 spiro atoms. The van der Waals surface area contributed by atoms with Crippen molar-refractivity contribution in [3.8, 4) is 0 Å². The molecule has 1 aliphatic rings. The van der Waals surface area contributed by atoms with E-state index in [1.165, 1.54) is 36.9 Å². The predicted molar refractivity (Wildman–Crippen MR) is 131 cm³/mol. The summed E-state index contributed by atoms with van der Waals surface area (Å²) in [7, 11) is 0. The molecule has 178 valence electrons. The van der Waals surface area contributed by atoms with Gasteiger partial charge in [-0.1, -0.05) is 18.2 Å². The molecule has 6 nitrogen and oxygen atoms in total. The summed E-state index contributed by atoms with van der Waals surface area (Å²) in [5.41, 5.74) is 6.64. The molecule has 0 saturated heterocycles. The van der Waals surface area contributed by atoms with Crippen molar-refractivity contribution in [3.63, 3.8) is 0 Å². The normalized spacial score (nSPS) is 13.9. The van der Waals surface area contributed by atoms with Crippen molar-refractivity contribution in [1.29, 1.82) is 0 Å². The number of halogens is 3. The number of hydrazone groups is 1. The minimum absolute atomic E-state index is 0.328. The van der Waals surface area contributed by atoms with Crippen molar-refractivity contribution in [2.45, 2.75) is 32.4 Å². The Balaban J connectivity index is 1.24. The third-order valence-electron chi connectivity index (χ3n) is 5.80. The van der Waals surface area contributed by atoms with E-state index in [0.717, 1.165) is 41.1 Å². The predicted octanol–water partition coefficient (Wildman–Crippen LogP) is 6.49. The van der Waals surface area contributed by atoms with E-state index in [1.54, 1.807) is 18.2 Å². The number of anilines is 3. The number of nitrogens with zero attached hydrogens (tertiary/aromatic N) is 4. The zero-order chi connectivity index (χ0) is 24.4. The SMILES string of the molecule is Cc1nc(N/N=C/c2ccc(Nc3cccc(C(F)(F)F)c3)cn2)nc2cc(CC3CC3)ccc12. The standard InChI is InChI=1S/C26H23F3N6/c1-16-23-10-7-18(11-17-5-6-17)12-24(23)34-25(32-16)35-31-15-21-8-9-22(14-30-21)33-20-4-2-3-19(13-20)26(27,28)29/h2-4,7-10,12-15,17,33H,5-6,11H2,1H3,(H,32,34,35)/b31-15+. The van der Waals surface area contributed by atoms with Crippen molar-refractivity contribution in [1.82, 2.24) is 15.0 Å². The minimum Gasteiger partial charge on any atom is -0.354 e. The molecular formula is C26H23F3N6. The van der Waals surface area contributed by atoms with E-state index in [2.05, 4.69) is 49.0 Å². The van der Waals surface area contributed by atoms with Crippen LogP contribution in [0.3, 0.4) is 0 Å². The molecule has 1 fully saturated rings. The second kappa shape index (κ2) is 9.32. The fourth-order valence-electron chi connectivity index (χ4n) is 3.82. The van der Waals surface area contributed by atoms with Gasteiger partial charge in [-0.25, -0.2) is 15.4 Å². The number of nitrogens with one attached hydrogen (secondary N) is 2. The number of rotatable bonds is 7. The molecule has 0 unspecified atom stereocenters. The summed E-state index contributed by atoms with van der Waals surface area (Å²) >= 11 is 0. The molecule has 9 heteroatoms. The van der Waals surface area contributed by atoms with Gasteiger partial charge in [0.15, 0.2) is 0 Å². The summed E-state index contributed by atoms with van der Waals surface area (Å²) < 4.78 is 38.7. The average molecular weight is 477 g/mol. The maximum atomic E-state index is 12.9. The maximum Gasteiger partial charge on any atom is 0.416 e. The molecule has 0 bridgehead atoms. The summed E-state index contributed by atoms with van der Waals surface area (Å²) in [6.07, 6.45) is 2.36. The molecule has 0 amide bonds. The molecule has 35 heavy (non-hydrogen) atoms. The molecule has 2 aromatic carbocycles. The highest BCUT2D eigenvalue weighted by Crippen LogP contribution is 2.33. The fourth-order valence-corrected chi connectivity index (χ4v) is 3.82. The van der Waals surface area contributed by atoms with Crippen LogP contribution in [-0.4, -0.2) is 21.2 Å². The van der Waals surface area contributed by atoms with Gasteiger partial charge in [0, 0.05) is 11.1 Å². The van der Waals surface area contributed by atoms with Crippen LogP contribution in [0.1, 0.15) is 35.4 Å². The second-order valence-electron chi connectivity index (χ2n) is 8.68.